The molecule has 3 heterocycles. The van der Waals surface area contributed by atoms with Gasteiger partial charge in [0, 0.05) is 42.1 Å². The van der Waals surface area contributed by atoms with E-state index in [2.05, 4.69) is 66.4 Å². The fourth-order valence-corrected chi connectivity index (χ4v) is 3.61. The third-order valence-corrected chi connectivity index (χ3v) is 4.79. The van der Waals surface area contributed by atoms with Crippen molar-refractivity contribution in [2.24, 2.45) is 0 Å². The van der Waals surface area contributed by atoms with E-state index in [1.807, 2.05) is 0 Å². The molecule has 0 aromatic heterocycles. The summed E-state index contributed by atoms with van der Waals surface area (Å²) in [4.78, 5) is 0. The Morgan fingerprint density at radius 1 is 1.29 bits per heavy atom. The summed E-state index contributed by atoms with van der Waals surface area (Å²) in [6, 6.07) is 4.25. The van der Waals surface area contributed by atoms with Crippen LogP contribution in [0, 0.1) is 6.92 Å². The minimum atomic E-state index is 0.103. The fourth-order valence-electron chi connectivity index (χ4n) is 3.61. The van der Waals surface area contributed by atoms with Gasteiger partial charge in [-0.1, -0.05) is 6.07 Å². The first-order chi connectivity index (χ1) is 11.7. The van der Waals surface area contributed by atoms with Crippen LogP contribution in [-0.4, -0.2) is 19.3 Å². The maximum Gasteiger partial charge on any atom is 0.146 e. The van der Waals surface area contributed by atoms with Crippen LogP contribution in [0.4, 0.5) is 5.69 Å². The number of aryl methyl sites for hydroxylation is 1. The molecule has 1 aromatic carbocycles. The van der Waals surface area contributed by atoms with E-state index in [4.69, 9.17) is 4.74 Å². The number of anilines is 1. The first kappa shape index (κ1) is 15.0. The first-order valence-electron chi connectivity index (χ1n) is 8.59. The van der Waals surface area contributed by atoms with Gasteiger partial charge in [0.25, 0.3) is 0 Å². The molecule has 4 rings (SSSR count). The van der Waals surface area contributed by atoms with Crippen LogP contribution in [0.1, 0.15) is 25.0 Å². The van der Waals surface area contributed by atoms with Crippen LogP contribution in [0.25, 0.3) is 0 Å². The van der Waals surface area contributed by atoms with Crippen molar-refractivity contribution in [1.82, 2.24) is 16.0 Å². The predicted molar refractivity (Wildman–Crippen MR) is 96.6 cm³/mol. The van der Waals surface area contributed by atoms with Gasteiger partial charge in [-0.15, -0.1) is 0 Å². The number of nitrogens with one attached hydrogen (secondary N) is 4. The summed E-state index contributed by atoms with van der Waals surface area (Å²) in [7, 11) is 0. The van der Waals surface area contributed by atoms with Gasteiger partial charge < -0.3 is 26.0 Å². The van der Waals surface area contributed by atoms with E-state index >= 15 is 0 Å². The van der Waals surface area contributed by atoms with Crippen molar-refractivity contribution in [3.63, 3.8) is 0 Å². The largest absolute Gasteiger partial charge is 0.491 e. The van der Waals surface area contributed by atoms with E-state index in [1.54, 1.807) is 0 Å². The molecule has 0 bridgehead atoms. The summed E-state index contributed by atoms with van der Waals surface area (Å²) in [5, 5.41) is 13.9. The lowest BCUT2D eigenvalue weighted by Crippen LogP contribution is -2.43. The van der Waals surface area contributed by atoms with Gasteiger partial charge in [-0.2, -0.15) is 0 Å². The molecule has 0 fully saturated rings. The molecule has 0 amide bonds. The lowest BCUT2D eigenvalue weighted by Gasteiger charge is -2.28. The van der Waals surface area contributed by atoms with E-state index in [9.17, 15) is 0 Å². The predicted octanol–water partition coefficient (Wildman–Crippen LogP) is 2.48. The molecule has 5 heteroatoms. The molecular weight excluding hydrogens is 300 g/mol. The zero-order chi connectivity index (χ0) is 16.7. The Morgan fingerprint density at radius 3 is 3.00 bits per heavy atom. The highest BCUT2D eigenvalue weighted by atomic mass is 16.5. The number of fused-ring (bicyclic) bond motifs is 2. The van der Waals surface area contributed by atoms with Crippen LogP contribution < -0.4 is 26.0 Å². The van der Waals surface area contributed by atoms with Crippen molar-refractivity contribution in [1.29, 1.82) is 0 Å². The van der Waals surface area contributed by atoms with Crippen LogP contribution in [0.5, 0.6) is 5.75 Å². The van der Waals surface area contributed by atoms with Gasteiger partial charge in [-0.25, -0.2) is 0 Å². The van der Waals surface area contributed by atoms with Crippen molar-refractivity contribution >= 4 is 5.69 Å². The van der Waals surface area contributed by atoms with E-state index in [-0.39, 0.29) is 6.17 Å². The highest BCUT2D eigenvalue weighted by Crippen LogP contribution is 2.37. The van der Waals surface area contributed by atoms with Gasteiger partial charge in [0.1, 0.15) is 17.7 Å². The molecule has 0 radical (unpaired) electrons. The van der Waals surface area contributed by atoms with Gasteiger partial charge in [0.2, 0.25) is 0 Å². The first-order valence-corrected chi connectivity index (χ1v) is 8.59. The standard InChI is InChI=1S/C19H24N4O/c1-4-20-15-9-16(23-19-17(15)12(3)10-21-19)22-14-6-5-11(2)13-7-8-24-18(13)14/h5-6,9-10,19-23H,4,7-8H2,1-3H3. The zero-order valence-corrected chi connectivity index (χ0v) is 14.4. The quantitative estimate of drug-likeness (QED) is 0.686. The normalized spacial score (nSPS) is 21.0. The maximum absolute atomic E-state index is 5.86. The summed E-state index contributed by atoms with van der Waals surface area (Å²) < 4.78 is 5.86. The molecule has 0 aliphatic carbocycles. The Balaban J connectivity index is 1.66. The molecule has 126 valence electrons. The Labute approximate surface area is 142 Å². The lowest BCUT2D eigenvalue weighted by atomic mass is 10.0. The van der Waals surface area contributed by atoms with Gasteiger partial charge >= 0.3 is 0 Å². The average Bonchev–Trinajstić information content (AvgIpc) is 3.19. The van der Waals surface area contributed by atoms with Crippen LogP contribution in [0.15, 0.2) is 47.1 Å². The highest BCUT2D eigenvalue weighted by molar-refractivity contribution is 5.66. The Kier molecular flexibility index (Phi) is 3.63. The van der Waals surface area contributed by atoms with Crippen molar-refractivity contribution in [3.8, 4) is 5.75 Å². The number of dihydropyridines is 1. The molecule has 4 N–H and O–H groups in total. The summed E-state index contributed by atoms with van der Waals surface area (Å²) in [5.74, 6) is 1.96. The molecule has 0 saturated carbocycles. The van der Waals surface area contributed by atoms with Gasteiger partial charge in [-0.05, 0) is 38.0 Å². The monoisotopic (exact) mass is 324 g/mol. The zero-order valence-electron chi connectivity index (χ0n) is 14.4. The third kappa shape index (κ3) is 2.40. The molecule has 5 nitrogen and oxygen atoms in total. The molecule has 1 aromatic rings. The smallest absolute Gasteiger partial charge is 0.146 e. The number of benzene rings is 1. The van der Waals surface area contributed by atoms with Gasteiger partial charge in [-0.3, -0.25) is 0 Å². The molecule has 3 aliphatic rings. The second kappa shape index (κ2) is 5.82. The Morgan fingerprint density at radius 2 is 2.17 bits per heavy atom. The van der Waals surface area contributed by atoms with Crippen molar-refractivity contribution in [2.75, 3.05) is 18.5 Å². The molecule has 3 aliphatic heterocycles. The topological polar surface area (TPSA) is 57.3 Å². The van der Waals surface area contributed by atoms with Crippen LogP contribution in [0.3, 0.4) is 0 Å². The second-order valence-corrected chi connectivity index (χ2v) is 6.45. The number of ether oxygens (including phenoxy) is 1. The molecule has 0 saturated heterocycles. The molecule has 1 atom stereocenters. The average molecular weight is 324 g/mol. The Hall–Kier alpha value is -2.56. The van der Waals surface area contributed by atoms with Crippen LogP contribution in [-0.2, 0) is 6.42 Å². The SMILES string of the molecule is CCNC1=C2C(C)=CNC2NC(Nc2ccc(C)c3c2OCC3)=C1. The van der Waals surface area contributed by atoms with E-state index in [0.29, 0.717) is 0 Å². The number of hydrogen-bond acceptors (Lipinski definition) is 5. The molecule has 0 spiro atoms. The van der Waals surface area contributed by atoms with Crippen LogP contribution >= 0.6 is 0 Å². The molecule has 24 heavy (non-hydrogen) atoms. The van der Waals surface area contributed by atoms with E-state index < -0.39 is 0 Å². The van der Waals surface area contributed by atoms with Gasteiger partial charge in [0.05, 0.1) is 12.3 Å². The van der Waals surface area contributed by atoms with Crippen molar-refractivity contribution in [3.05, 3.63) is 58.2 Å². The number of hydrogen-bond donors (Lipinski definition) is 4. The molecular formula is C19H24N4O. The summed E-state index contributed by atoms with van der Waals surface area (Å²) >= 11 is 0. The highest BCUT2D eigenvalue weighted by Gasteiger charge is 2.28. The lowest BCUT2D eigenvalue weighted by molar-refractivity contribution is 0.358. The summed E-state index contributed by atoms with van der Waals surface area (Å²) in [6.45, 7) is 8.06. The van der Waals surface area contributed by atoms with E-state index in [0.717, 1.165) is 42.5 Å². The van der Waals surface area contributed by atoms with Crippen molar-refractivity contribution in [2.45, 2.75) is 33.4 Å². The third-order valence-electron chi connectivity index (χ3n) is 4.79. The Bertz CT molecular complexity index is 776. The van der Waals surface area contributed by atoms with E-state index in [1.165, 1.54) is 22.3 Å². The van der Waals surface area contributed by atoms with Crippen LogP contribution in [0.2, 0.25) is 0 Å². The maximum atomic E-state index is 5.86. The summed E-state index contributed by atoms with van der Waals surface area (Å²) in [6.07, 6.45) is 5.30. The minimum absolute atomic E-state index is 0.103. The van der Waals surface area contributed by atoms with Gasteiger partial charge in [0.15, 0.2) is 0 Å². The minimum Gasteiger partial charge on any atom is -0.491 e. The molecule has 1 unspecified atom stereocenters. The van der Waals surface area contributed by atoms with Crippen molar-refractivity contribution < 1.29 is 4.74 Å². The number of rotatable bonds is 4. The fraction of sp³-hybridized carbons (Fsp3) is 0.368. The number of allylic oxidation sites excluding steroid dienone is 1. The second-order valence-electron chi connectivity index (χ2n) is 6.45. The number of likely N-dealkylation sites (N-methyl/N-ethyl adjacent to an activating group) is 1. The summed E-state index contributed by atoms with van der Waals surface area (Å²) in [5.41, 5.74) is 7.34.